The van der Waals surface area contributed by atoms with Crippen LogP contribution in [-0.4, -0.2) is 0 Å². The Labute approximate surface area is 241 Å². The van der Waals surface area contributed by atoms with Crippen molar-refractivity contribution in [1.29, 1.82) is 0 Å². The van der Waals surface area contributed by atoms with Gasteiger partial charge in [-0.25, -0.2) is 0 Å². The van der Waals surface area contributed by atoms with E-state index in [0.29, 0.717) is 0 Å². The maximum atomic E-state index is 5.97. The van der Waals surface area contributed by atoms with E-state index >= 15 is 0 Å². The van der Waals surface area contributed by atoms with Crippen molar-refractivity contribution in [2.45, 2.75) is 0 Å². The summed E-state index contributed by atoms with van der Waals surface area (Å²) in [6.07, 6.45) is 2.25. The van der Waals surface area contributed by atoms with Crippen LogP contribution in [0.15, 0.2) is 158 Å². The first-order valence-electron chi connectivity index (χ1n) is 13.7. The second-order valence-electron chi connectivity index (χ2n) is 9.98. The predicted molar refractivity (Wildman–Crippen MR) is 175 cm³/mol. The van der Waals surface area contributed by atoms with Crippen molar-refractivity contribution in [3.8, 4) is 11.1 Å². The van der Waals surface area contributed by atoms with E-state index < -0.39 is 0 Å². The van der Waals surface area contributed by atoms with Gasteiger partial charge in [0.25, 0.3) is 0 Å². The lowest BCUT2D eigenvalue weighted by Gasteiger charge is -2.26. The normalized spacial score (nSPS) is 11.3. The summed E-state index contributed by atoms with van der Waals surface area (Å²) in [5.41, 5.74) is 23.6. The highest BCUT2D eigenvalue weighted by Crippen LogP contribution is 2.36. The molecule has 6 aromatic rings. The van der Waals surface area contributed by atoms with Crippen LogP contribution in [0.4, 0.5) is 28.4 Å². The average molecular weight is 530 g/mol. The summed E-state index contributed by atoms with van der Waals surface area (Å²) < 4.78 is 0. The van der Waals surface area contributed by atoms with E-state index in [9.17, 15) is 0 Å². The van der Waals surface area contributed by atoms with E-state index in [4.69, 9.17) is 11.5 Å². The highest BCUT2D eigenvalue weighted by atomic mass is 15.1. The Kier molecular flexibility index (Phi) is 7.33. The fourth-order valence-electron chi connectivity index (χ4n) is 5.01. The van der Waals surface area contributed by atoms with Crippen LogP contribution >= 0.6 is 0 Å². The van der Waals surface area contributed by atoms with Crippen LogP contribution in [0.3, 0.4) is 0 Å². The van der Waals surface area contributed by atoms with Crippen LogP contribution in [0.5, 0.6) is 0 Å². The quantitative estimate of drug-likeness (QED) is 0.160. The lowest BCUT2D eigenvalue weighted by atomic mass is 9.94. The van der Waals surface area contributed by atoms with Crippen molar-refractivity contribution in [2.75, 3.05) is 16.4 Å². The zero-order chi connectivity index (χ0) is 28.0. The number of hydrogen-bond acceptors (Lipinski definition) is 3. The van der Waals surface area contributed by atoms with Gasteiger partial charge in [0, 0.05) is 28.4 Å². The second-order valence-corrected chi connectivity index (χ2v) is 9.98. The fraction of sp³-hybridized carbons (Fsp3) is 0. The zero-order valence-corrected chi connectivity index (χ0v) is 22.7. The molecule has 0 aliphatic carbocycles. The van der Waals surface area contributed by atoms with Crippen molar-refractivity contribution < 1.29 is 0 Å². The molecule has 6 aromatic carbocycles. The van der Waals surface area contributed by atoms with Gasteiger partial charge in [0.05, 0.1) is 0 Å². The summed E-state index contributed by atoms with van der Waals surface area (Å²) in [5.74, 6) is 0. The van der Waals surface area contributed by atoms with Gasteiger partial charge < -0.3 is 16.4 Å². The molecule has 3 nitrogen and oxygen atoms in total. The molecule has 6 rings (SSSR count). The van der Waals surface area contributed by atoms with Crippen LogP contribution in [-0.2, 0) is 0 Å². The molecule has 0 aromatic heterocycles. The molecule has 0 fully saturated rings. The first kappa shape index (κ1) is 25.7. The first-order chi connectivity index (χ1) is 20.1. The number of rotatable bonds is 7. The van der Waals surface area contributed by atoms with E-state index in [2.05, 4.69) is 114 Å². The summed E-state index contributed by atoms with van der Waals surface area (Å²) in [6, 6.07) is 54.3. The summed E-state index contributed by atoms with van der Waals surface area (Å²) in [5, 5.41) is 0. The lowest BCUT2D eigenvalue weighted by Crippen LogP contribution is -2.10. The molecular weight excluding hydrogens is 498 g/mol. The van der Waals surface area contributed by atoms with E-state index in [1.54, 1.807) is 0 Å². The Morgan fingerprint density at radius 2 is 0.805 bits per heavy atom. The highest BCUT2D eigenvalue weighted by molar-refractivity contribution is 5.92. The van der Waals surface area contributed by atoms with E-state index in [-0.39, 0.29) is 0 Å². The molecular formula is C38H31N3. The van der Waals surface area contributed by atoms with Crippen molar-refractivity contribution in [3.63, 3.8) is 0 Å². The smallest absolute Gasteiger partial charge is 0.0463 e. The SMILES string of the molecule is Nc1ccc(N(c2ccc(N)cc2)c2ccc(-c3ccc(/C(=C/c4ccccc4)c4ccccc4)cc3)cc2)cc1. The van der Waals surface area contributed by atoms with E-state index in [0.717, 1.165) is 34.0 Å². The molecule has 0 aliphatic rings. The average Bonchev–Trinajstić information content (AvgIpc) is 3.03. The molecule has 198 valence electrons. The zero-order valence-electron chi connectivity index (χ0n) is 22.7. The monoisotopic (exact) mass is 529 g/mol. The summed E-state index contributed by atoms with van der Waals surface area (Å²) in [4.78, 5) is 2.20. The highest BCUT2D eigenvalue weighted by Gasteiger charge is 2.13. The third-order valence-corrected chi connectivity index (χ3v) is 7.15. The maximum Gasteiger partial charge on any atom is 0.0463 e. The van der Waals surface area contributed by atoms with E-state index in [1.807, 2.05) is 54.6 Å². The predicted octanol–water partition coefficient (Wildman–Crippen LogP) is 9.58. The second kappa shape index (κ2) is 11.7. The number of nitrogen functional groups attached to an aromatic ring is 2. The standard InChI is InChI=1S/C38H31N3/c39-33-17-23-36(24-18-33)41(37-25-19-34(40)20-26-37)35-21-15-30(16-22-35)29-11-13-32(14-12-29)38(31-9-5-2-6-10-31)27-28-7-3-1-4-8-28/h1-27H,39-40H2/b38-27+. The number of benzene rings is 6. The van der Waals surface area contributed by atoms with E-state index in [1.165, 1.54) is 27.8 Å². The molecule has 0 saturated carbocycles. The van der Waals surface area contributed by atoms with Gasteiger partial charge in [-0.1, -0.05) is 97.1 Å². The van der Waals surface area contributed by atoms with Gasteiger partial charge in [-0.05, 0) is 100 Å². The minimum absolute atomic E-state index is 0.735. The van der Waals surface area contributed by atoms with Crippen LogP contribution in [0.2, 0.25) is 0 Å². The first-order valence-corrected chi connectivity index (χ1v) is 13.7. The minimum atomic E-state index is 0.735. The molecule has 0 radical (unpaired) electrons. The molecule has 0 spiro atoms. The van der Waals surface area contributed by atoms with Crippen molar-refractivity contribution >= 4 is 40.1 Å². The lowest BCUT2D eigenvalue weighted by molar-refractivity contribution is 1.28. The summed E-state index contributed by atoms with van der Waals surface area (Å²) in [7, 11) is 0. The third kappa shape index (κ3) is 5.90. The Morgan fingerprint density at radius 1 is 0.415 bits per heavy atom. The van der Waals surface area contributed by atoms with Crippen LogP contribution in [0.1, 0.15) is 16.7 Å². The Morgan fingerprint density at radius 3 is 1.29 bits per heavy atom. The van der Waals surface area contributed by atoms with Crippen molar-refractivity contribution in [2.24, 2.45) is 0 Å². The largest absolute Gasteiger partial charge is 0.399 e. The van der Waals surface area contributed by atoms with Gasteiger partial charge in [-0.2, -0.15) is 0 Å². The molecule has 0 unspecified atom stereocenters. The number of anilines is 5. The summed E-state index contributed by atoms with van der Waals surface area (Å²) >= 11 is 0. The Bertz CT molecular complexity index is 1690. The molecule has 0 atom stereocenters. The van der Waals surface area contributed by atoms with Crippen LogP contribution in [0, 0.1) is 0 Å². The fourth-order valence-corrected chi connectivity index (χ4v) is 5.01. The van der Waals surface area contributed by atoms with Gasteiger partial charge in [0.2, 0.25) is 0 Å². The Balaban J connectivity index is 1.31. The van der Waals surface area contributed by atoms with Gasteiger partial charge >= 0.3 is 0 Å². The van der Waals surface area contributed by atoms with Gasteiger partial charge in [-0.15, -0.1) is 0 Å². The molecule has 3 heteroatoms. The molecule has 0 saturated heterocycles. The third-order valence-electron chi connectivity index (χ3n) is 7.15. The maximum absolute atomic E-state index is 5.97. The topological polar surface area (TPSA) is 55.3 Å². The summed E-state index contributed by atoms with van der Waals surface area (Å²) in [6.45, 7) is 0. The molecule has 41 heavy (non-hydrogen) atoms. The molecule has 4 N–H and O–H groups in total. The van der Waals surface area contributed by atoms with Crippen LogP contribution < -0.4 is 16.4 Å². The van der Waals surface area contributed by atoms with Crippen molar-refractivity contribution in [3.05, 3.63) is 174 Å². The number of nitrogens with two attached hydrogens (primary N) is 2. The minimum Gasteiger partial charge on any atom is -0.399 e. The molecule has 0 bridgehead atoms. The number of nitrogens with zero attached hydrogens (tertiary/aromatic N) is 1. The van der Waals surface area contributed by atoms with Crippen LogP contribution in [0.25, 0.3) is 22.8 Å². The van der Waals surface area contributed by atoms with Gasteiger partial charge in [-0.3, -0.25) is 0 Å². The molecule has 0 heterocycles. The molecule has 0 aliphatic heterocycles. The number of hydrogen-bond donors (Lipinski definition) is 2. The molecule has 0 amide bonds. The van der Waals surface area contributed by atoms with Gasteiger partial charge in [0.15, 0.2) is 0 Å². The van der Waals surface area contributed by atoms with Gasteiger partial charge in [0.1, 0.15) is 0 Å². The van der Waals surface area contributed by atoms with Crippen molar-refractivity contribution in [1.82, 2.24) is 0 Å². The Hall–Kier alpha value is -5.54.